The third-order valence-electron chi connectivity index (χ3n) is 6.21. The van der Waals surface area contributed by atoms with Gasteiger partial charge in [-0.25, -0.2) is 3.63 Å². The molecule has 0 saturated heterocycles. The number of rotatable bonds is 8. The zero-order valence-electron chi connectivity index (χ0n) is 26.0. The van der Waals surface area contributed by atoms with Gasteiger partial charge in [0.05, 0.1) is 9.79 Å². The molecular formula is C35H42O5S2. The second-order valence-corrected chi connectivity index (χ2v) is 17.0. The normalized spacial score (nSPS) is 13.1. The van der Waals surface area contributed by atoms with Crippen LogP contribution in [0.5, 0.6) is 11.5 Å². The number of aryl methyl sites for hydroxylation is 3. The highest BCUT2D eigenvalue weighted by molar-refractivity contribution is 8.33. The molecule has 4 aromatic rings. The van der Waals surface area contributed by atoms with Crippen molar-refractivity contribution in [2.75, 3.05) is 0 Å². The highest BCUT2D eigenvalue weighted by Gasteiger charge is 2.41. The zero-order valence-corrected chi connectivity index (χ0v) is 27.7. The molecule has 0 amide bonds. The van der Waals surface area contributed by atoms with E-state index in [0.29, 0.717) is 16.4 Å². The standard InChI is InChI=1S/C35H42O5S2/c1-25-16-19-29(20-17-25)42(36,37)40-41(30-14-10-12-26(2)22-30,31-15-11-13-27(3)23-31)33-21-18-28(38-34(4,5)6)24-32(33)39-35(7,8)9/h10-24H,1-9H3. The molecule has 0 saturated carbocycles. The summed E-state index contributed by atoms with van der Waals surface area (Å²) in [6.07, 6.45) is 0. The van der Waals surface area contributed by atoms with E-state index >= 15 is 0 Å². The van der Waals surface area contributed by atoms with Crippen LogP contribution in [0, 0.1) is 20.8 Å². The fraction of sp³-hybridized carbons (Fsp3) is 0.314. The first kappa shape index (κ1) is 31.7. The smallest absolute Gasteiger partial charge is 0.307 e. The predicted molar refractivity (Wildman–Crippen MR) is 171 cm³/mol. The second-order valence-electron chi connectivity index (χ2n) is 12.6. The third-order valence-corrected chi connectivity index (χ3v) is 11.4. The minimum Gasteiger partial charge on any atom is -0.488 e. The van der Waals surface area contributed by atoms with Gasteiger partial charge in [-0.15, -0.1) is 0 Å². The summed E-state index contributed by atoms with van der Waals surface area (Å²) in [5.41, 5.74) is 1.90. The number of ether oxygens (including phenoxy) is 2. The highest BCUT2D eigenvalue weighted by atomic mass is 32.3. The van der Waals surface area contributed by atoms with E-state index in [0.717, 1.165) is 26.5 Å². The van der Waals surface area contributed by atoms with Crippen molar-refractivity contribution in [1.82, 2.24) is 0 Å². The molecule has 0 heterocycles. The maximum atomic E-state index is 14.2. The summed E-state index contributed by atoms with van der Waals surface area (Å²) in [4.78, 5) is 2.21. The molecule has 0 aliphatic carbocycles. The quantitative estimate of drug-likeness (QED) is 0.200. The lowest BCUT2D eigenvalue weighted by Crippen LogP contribution is -2.25. The SMILES string of the molecule is Cc1ccc(S(=O)(=O)OS(c2cccc(C)c2)(c2cccc(C)c2)c2ccc(OC(C)(C)C)cc2OC(C)(C)C)cc1. The minimum absolute atomic E-state index is 0.0938. The summed E-state index contributed by atoms with van der Waals surface area (Å²) in [7, 11) is -7.18. The van der Waals surface area contributed by atoms with Crippen LogP contribution in [0.25, 0.3) is 0 Å². The molecule has 5 nitrogen and oxygen atoms in total. The van der Waals surface area contributed by atoms with Crippen LogP contribution in [-0.4, -0.2) is 19.6 Å². The number of benzene rings is 4. The molecule has 0 aliphatic rings. The molecule has 4 rings (SSSR count). The summed E-state index contributed by atoms with van der Waals surface area (Å²) in [5, 5.41) is 0. The Morgan fingerprint density at radius 3 is 1.55 bits per heavy atom. The van der Waals surface area contributed by atoms with Crippen LogP contribution in [0.4, 0.5) is 0 Å². The van der Waals surface area contributed by atoms with Crippen LogP contribution in [0.2, 0.25) is 0 Å². The maximum absolute atomic E-state index is 14.2. The monoisotopic (exact) mass is 606 g/mol. The van der Waals surface area contributed by atoms with Gasteiger partial charge in [0.1, 0.15) is 22.7 Å². The Labute approximate surface area is 253 Å². The van der Waals surface area contributed by atoms with E-state index in [9.17, 15) is 8.42 Å². The van der Waals surface area contributed by atoms with Gasteiger partial charge in [-0.3, -0.25) is 0 Å². The Morgan fingerprint density at radius 2 is 1.07 bits per heavy atom. The summed E-state index contributed by atoms with van der Waals surface area (Å²) in [6.45, 7) is 17.8. The van der Waals surface area contributed by atoms with Crippen molar-refractivity contribution < 1.29 is 21.5 Å². The molecule has 0 N–H and O–H groups in total. The molecule has 224 valence electrons. The van der Waals surface area contributed by atoms with Crippen molar-refractivity contribution in [2.24, 2.45) is 0 Å². The van der Waals surface area contributed by atoms with Crippen LogP contribution in [0.15, 0.2) is 111 Å². The van der Waals surface area contributed by atoms with Crippen LogP contribution in [0.3, 0.4) is 0 Å². The first-order chi connectivity index (χ1) is 19.5. The first-order valence-corrected chi connectivity index (χ1v) is 17.0. The van der Waals surface area contributed by atoms with E-state index in [1.54, 1.807) is 24.3 Å². The molecule has 0 fully saturated rings. The fourth-order valence-corrected chi connectivity index (χ4v) is 9.97. The molecule has 0 aliphatic heterocycles. The Hall–Kier alpha value is -3.26. The summed E-state index contributed by atoms with van der Waals surface area (Å²) >= 11 is 0. The Morgan fingerprint density at radius 1 is 0.548 bits per heavy atom. The average Bonchev–Trinajstić information content (AvgIpc) is 2.86. The molecule has 7 heteroatoms. The minimum atomic E-state index is -4.25. The molecule has 0 bridgehead atoms. The largest absolute Gasteiger partial charge is 0.488 e. The van der Waals surface area contributed by atoms with E-state index < -0.39 is 31.6 Å². The highest BCUT2D eigenvalue weighted by Crippen LogP contribution is 2.72. The summed E-state index contributed by atoms with van der Waals surface area (Å²) < 4.78 is 47.9. The molecule has 0 atom stereocenters. The lowest BCUT2D eigenvalue weighted by atomic mass is 10.2. The van der Waals surface area contributed by atoms with E-state index in [4.69, 9.17) is 13.1 Å². The molecule has 0 radical (unpaired) electrons. The first-order valence-electron chi connectivity index (χ1n) is 14.0. The van der Waals surface area contributed by atoms with Crippen LogP contribution in [-0.2, 0) is 13.7 Å². The van der Waals surface area contributed by atoms with Gasteiger partial charge in [0.2, 0.25) is 0 Å². The van der Waals surface area contributed by atoms with Crippen LogP contribution < -0.4 is 9.47 Å². The second kappa shape index (κ2) is 11.8. The summed E-state index contributed by atoms with van der Waals surface area (Å²) in [5.74, 6) is 1.12. The van der Waals surface area contributed by atoms with Gasteiger partial charge in [0.15, 0.2) is 0 Å². The molecule has 0 unspecified atom stereocenters. The topological polar surface area (TPSA) is 61.8 Å². The number of hydrogen-bond acceptors (Lipinski definition) is 5. The van der Waals surface area contributed by atoms with Gasteiger partial charge in [0.25, 0.3) is 0 Å². The van der Waals surface area contributed by atoms with Crippen molar-refractivity contribution in [1.29, 1.82) is 0 Å². The third kappa shape index (κ3) is 7.38. The van der Waals surface area contributed by atoms with Crippen LogP contribution in [0.1, 0.15) is 58.2 Å². The lowest BCUT2D eigenvalue weighted by molar-refractivity contribution is 0.118. The van der Waals surface area contributed by atoms with Gasteiger partial charge in [-0.05, 0) is 132 Å². The van der Waals surface area contributed by atoms with Crippen molar-refractivity contribution in [2.45, 2.75) is 93.1 Å². The Kier molecular flexibility index (Phi) is 8.89. The molecule has 0 spiro atoms. The van der Waals surface area contributed by atoms with E-state index in [2.05, 4.69) is 0 Å². The maximum Gasteiger partial charge on any atom is 0.307 e. The van der Waals surface area contributed by atoms with Gasteiger partial charge >= 0.3 is 10.1 Å². The van der Waals surface area contributed by atoms with E-state index in [1.807, 2.05) is 129 Å². The van der Waals surface area contributed by atoms with Crippen molar-refractivity contribution in [3.8, 4) is 11.5 Å². The average molecular weight is 607 g/mol. The van der Waals surface area contributed by atoms with Gasteiger partial charge < -0.3 is 9.47 Å². The van der Waals surface area contributed by atoms with Crippen molar-refractivity contribution in [3.63, 3.8) is 0 Å². The fourth-order valence-electron chi connectivity index (χ4n) is 4.52. The zero-order chi connectivity index (χ0) is 30.9. The van der Waals surface area contributed by atoms with Crippen molar-refractivity contribution in [3.05, 3.63) is 108 Å². The molecule has 42 heavy (non-hydrogen) atoms. The molecule has 4 aromatic carbocycles. The van der Waals surface area contributed by atoms with E-state index in [-0.39, 0.29) is 4.90 Å². The van der Waals surface area contributed by atoms with Crippen molar-refractivity contribution >= 4 is 20.4 Å². The predicted octanol–water partition coefficient (Wildman–Crippen LogP) is 9.57. The van der Waals surface area contributed by atoms with Crippen LogP contribution >= 0.6 is 10.3 Å². The Bertz CT molecular complexity index is 1620. The number of hydrogen-bond donors (Lipinski definition) is 0. The van der Waals surface area contributed by atoms with Gasteiger partial charge in [-0.1, -0.05) is 42.0 Å². The van der Waals surface area contributed by atoms with Gasteiger partial charge in [0, 0.05) is 15.9 Å². The summed E-state index contributed by atoms with van der Waals surface area (Å²) in [6, 6.07) is 28.1. The molecule has 0 aromatic heterocycles. The molecular weight excluding hydrogens is 565 g/mol. The Balaban J connectivity index is 2.13. The van der Waals surface area contributed by atoms with Gasteiger partial charge in [-0.2, -0.15) is 8.42 Å². The lowest BCUT2D eigenvalue weighted by Gasteiger charge is -2.41. The van der Waals surface area contributed by atoms with E-state index in [1.165, 1.54) is 0 Å².